The first-order valence-corrected chi connectivity index (χ1v) is 11.9. The van der Waals surface area contributed by atoms with Crippen LogP contribution in [0.5, 0.6) is 5.75 Å². The molecule has 0 fully saturated rings. The predicted molar refractivity (Wildman–Crippen MR) is 123 cm³/mol. The standard InChI is InChI=1S/C22H20N4O4S2/c1-30-17-12-10-16(11-13-17)23-22(27)19(14-15-6-3-2-4-7-15)26-32(28,29)20-9-5-8-18-21(20)25-31-24-18/h2-13,19,26H,14H2,1H3,(H,23,27)/t19-/m1/s1. The van der Waals surface area contributed by atoms with Crippen molar-refractivity contribution >= 4 is 44.4 Å². The minimum Gasteiger partial charge on any atom is -0.497 e. The summed E-state index contributed by atoms with van der Waals surface area (Å²) in [6.45, 7) is 0. The summed E-state index contributed by atoms with van der Waals surface area (Å²) >= 11 is 0.934. The fourth-order valence-electron chi connectivity index (χ4n) is 3.19. The third-order valence-electron chi connectivity index (χ3n) is 4.79. The topological polar surface area (TPSA) is 110 Å². The van der Waals surface area contributed by atoms with Crippen LogP contribution in [0.25, 0.3) is 11.0 Å². The van der Waals surface area contributed by atoms with E-state index in [-0.39, 0.29) is 16.8 Å². The molecule has 0 saturated carbocycles. The highest BCUT2D eigenvalue weighted by molar-refractivity contribution is 7.89. The predicted octanol–water partition coefficient (Wildman–Crippen LogP) is 3.23. The Bertz CT molecular complexity index is 1320. The van der Waals surface area contributed by atoms with Gasteiger partial charge < -0.3 is 10.1 Å². The zero-order chi connectivity index (χ0) is 22.6. The number of benzene rings is 3. The second-order valence-corrected chi connectivity index (χ2v) is 9.18. The number of amides is 1. The molecular weight excluding hydrogens is 448 g/mol. The van der Waals surface area contributed by atoms with Crippen molar-refractivity contribution in [2.45, 2.75) is 17.4 Å². The molecule has 164 valence electrons. The molecule has 0 spiro atoms. The molecule has 1 atom stereocenters. The van der Waals surface area contributed by atoms with E-state index in [1.54, 1.807) is 43.5 Å². The van der Waals surface area contributed by atoms with Crippen molar-refractivity contribution in [2.24, 2.45) is 0 Å². The van der Waals surface area contributed by atoms with Crippen LogP contribution in [-0.2, 0) is 21.2 Å². The van der Waals surface area contributed by atoms with Crippen molar-refractivity contribution in [3.05, 3.63) is 78.4 Å². The molecule has 1 aromatic heterocycles. The van der Waals surface area contributed by atoms with E-state index < -0.39 is 22.0 Å². The molecule has 0 unspecified atom stereocenters. The van der Waals surface area contributed by atoms with Crippen LogP contribution in [0.4, 0.5) is 5.69 Å². The number of ether oxygens (including phenoxy) is 1. The zero-order valence-electron chi connectivity index (χ0n) is 17.1. The molecule has 0 bridgehead atoms. The van der Waals surface area contributed by atoms with Crippen LogP contribution in [0.1, 0.15) is 5.56 Å². The third-order valence-corrected chi connectivity index (χ3v) is 6.84. The minimum atomic E-state index is -4.05. The highest BCUT2D eigenvalue weighted by Gasteiger charge is 2.28. The number of methoxy groups -OCH3 is 1. The van der Waals surface area contributed by atoms with Gasteiger partial charge in [-0.25, -0.2) is 8.42 Å². The van der Waals surface area contributed by atoms with E-state index >= 15 is 0 Å². The average Bonchev–Trinajstić information content (AvgIpc) is 3.28. The van der Waals surface area contributed by atoms with Crippen LogP contribution in [-0.4, -0.2) is 36.2 Å². The first kappa shape index (κ1) is 21.9. The molecule has 1 amide bonds. The lowest BCUT2D eigenvalue weighted by molar-refractivity contribution is -0.117. The fourth-order valence-corrected chi connectivity index (χ4v) is 5.15. The van der Waals surface area contributed by atoms with E-state index in [9.17, 15) is 13.2 Å². The van der Waals surface area contributed by atoms with E-state index in [4.69, 9.17) is 4.74 Å². The Morgan fingerprint density at radius 2 is 1.75 bits per heavy atom. The van der Waals surface area contributed by atoms with Crippen molar-refractivity contribution in [1.82, 2.24) is 13.5 Å². The molecule has 1 heterocycles. The van der Waals surface area contributed by atoms with Gasteiger partial charge in [0.2, 0.25) is 15.9 Å². The Hall–Kier alpha value is -3.34. The van der Waals surface area contributed by atoms with Gasteiger partial charge >= 0.3 is 0 Å². The number of rotatable bonds is 8. The Morgan fingerprint density at radius 3 is 2.47 bits per heavy atom. The van der Waals surface area contributed by atoms with Crippen LogP contribution >= 0.6 is 11.7 Å². The number of fused-ring (bicyclic) bond motifs is 1. The van der Waals surface area contributed by atoms with Crippen molar-refractivity contribution in [1.29, 1.82) is 0 Å². The van der Waals surface area contributed by atoms with Crippen LogP contribution < -0.4 is 14.8 Å². The Labute approximate surface area is 189 Å². The Morgan fingerprint density at radius 1 is 1.00 bits per heavy atom. The summed E-state index contributed by atoms with van der Waals surface area (Å²) in [6.07, 6.45) is 0.174. The normalized spacial score (nSPS) is 12.4. The molecule has 4 rings (SSSR count). The van der Waals surface area contributed by atoms with Crippen molar-refractivity contribution < 1.29 is 17.9 Å². The summed E-state index contributed by atoms with van der Waals surface area (Å²) in [7, 11) is -2.50. The Kier molecular flexibility index (Phi) is 6.45. The number of aromatic nitrogens is 2. The van der Waals surface area contributed by atoms with E-state index in [2.05, 4.69) is 18.8 Å². The zero-order valence-corrected chi connectivity index (χ0v) is 18.7. The number of hydrogen-bond donors (Lipinski definition) is 2. The summed E-state index contributed by atoms with van der Waals surface area (Å²) in [5.41, 5.74) is 2.11. The third kappa shape index (κ3) is 4.93. The summed E-state index contributed by atoms with van der Waals surface area (Å²) in [6, 6.07) is 19.7. The SMILES string of the molecule is COc1ccc(NC(=O)[C@@H](Cc2ccccc2)NS(=O)(=O)c2cccc3nsnc23)cc1. The van der Waals surface area contributed by atoms with Gasteiger partial charge in [-0.05, 0) is 48.4 Å². The highest BCUT2D eigenvalue weighted by Crippen LogP contribution is 2.22. The van der Waals surface area contributed by atoms with Crippen molar-refractivity contribution in [3.8, 4) is 5.75 Å². The molecule has 0 aliphatic rings. The van der Waals surface area contributed by atoms with E-state index in [1.165, 1.54) is 6.07 Å². The lowest BCUT2D eigenvalue weighted by atomic mass is 10.1. The fraction of sp³-hybridized carbons (Fsp3) is 0.136. The molecule has 10 heteroatoms. The van der Waals surface area contributed by atoms with Gasteiger partial charge in [0, 0.05) is 5.69 Å². The molecule has 0 saturated heterocycles. The number of sulfonamides is 1. The second kappa shape index (κ2) is 9.43. The van der Waals surface area contributed by atoms with Gasteiger partial charge in [-0.3, -0.25) is 4.79 Å². The van der Waals surface area contributed by atoms with E-state index in [0.29, 0.717) is 17.0 Å². The molecule has 8 nitrogen and oxygen atoms in total. The molecule has 32 heavy (non-hydrogen) atoms. The Balaban J connectivity index is 1.62. The van der Waals surface area contributed by atoms with Crippen molar-refractivity contribution in [2.75, 3.05) is 12.4 Å². The quantitative estimate of drug-likeness (QED) is 0.411. The molecule has 4 aromatic rings. The summed E-state index contributed by atoms with van der Waals surface area (Å²) < 4.78 is 42.3. The lowest BCUT2D eigenvalue weighted by Crippen LogP contribution is -2.45. The first-order valence-electron chi connectivity index (χ1n) is 9.69. The lowest BCUT2D eigenvalue weighted by Gasteiger charge is -2.19. The average molecular weight is 469 g/mol. The first-order chi connectivity index (χ1) is 15.5. The number of nitrogens with one attached hydrogen (secondary N) is 2. The number of nitrogens with zero attached hydrogens (tertiary/aromatic N) is 2. The van der Waals surface area contributed by atoms with Crippen LogP contribution in [0.3, 0.4) is 0 Å². The molecule has 0 aliphatic heterocycles. The molecule has 3 aromatic carbocycles. The summed E-state index contributed by atoms with van der Waals surface area (Å²) in [4.78, 5) is 13.1. The number of hydrogen-bond acceptors (Lipinski definition) is 7. The van der Waals surface area contributed by atoms with Crippen LogP contribution in [0, 0.1) is 0 Å². The maximum Gasteiger partial charge on any atom is 0.243 e. The van der Waals surface area contributed by atoms with Gasteiger partial charge in [-0.15, -0.1) is 0 Å². The maximum atomic E-state index is 13.2. The van der Waals surface area contributed by atoms with Gasteiger partial charge in [-0.2, -0.15) is 13.5 Å². The maximum absolute atomic E-state index is 13.2. The summed E-state index contributed by atoms with van der Waals surface area (Å²) in [5.74, 6) is 0.167. The van der Waals surface area contributed by atoms with Gasteiger partial charge in [0.25, 0.3) is 0 Å². The van der Waals surface area contributed by atoms with Gasteiger partial charge in [0.15, 0.2) is 0 Å². The smallest absolute Gasteiger partial charge is 0.243 e. The van der Waals surface area contributed by atoms with E-state index in [0.717, 1.165) is 17.3 Å². The van der Waals surface area contributed by atoms with Gasteiger partial charge in [0.05, 0.1) is 18.8 Å². The number of carbonyl (C=O) groups is 1. The molecule has 2 N–H and O–H groups in total. The van der Waals surface area contributed by atoms with Gasteiger partial charge in [0.1, 0.15) is 27.7 Å². The monoisotopic (exact) mass is 468 g/mol. The summed E-state index contributed by atoms with van der Waals surface area (Å²) in [5, 5.41) is 2.77. The van der Waals surface area contributed by atoms with Crippen molar-refractivity contribution in [3.63, 3.8) is 0 Å². The van der Waals surface area contributed by atoms with Gasteiger partial charge in [-0.1, -0.05) is 36.4 Å². The number of anilines is 1. The molecular formula is C22H20N4O4S2. The molecule has 0 radical (unpaired) electrons. The highest BCUT2D eigenvalue weighted by atomic mass is 32.2. The number of carbonyl (C=O) groups excluding carboxylic acids is 1. The van der Waals surface area contributed by atoms with E-state index in [1.807, 2.05) is 30.3 Å². The largest absolute Gasteiger partial charge is 0.497 e. The van der Waals surface area contributed by atoms with Crippen LogP contribution in [0.15, 0.2) is 77.7 Å². The second-order valence-electron chi connectivity index (χ2n) is 6.97. The minimum absolute atomic E-state index is 0.0148. The van der Waals surface area contributed by atoms with Crippen LogP contribution in [0.2, 0.25) is 0 Å². The molecule has 0 aliphatic carbocycles.